The van der Waals surface area contributed by atoms with Gasteiger partial charge in [0.25, 0.3) is 0 Å². The summed E-state index contributed by atoms with van der Waals surface area (Å²) in [5.41, 5.74) is 1.26. The molecule has 102 valence electrons. The van der Waals surface area contributed by atoms with Crippen LogP contribution < -0.4 is 5.32 Å². The van der Waals surface area contributed by atoms with E-state index in [1.165, 1.54) is 0 Å². The summed E-state index contributed by atoms with van der Waals surface area (Å²) >= 11 is 1.64. The molecule has 5 heteroatoms. The molecular weight excluding hydrogens is 272 g/mol. The highest BCUT2D eigenvalue weighted by Gasteiger charge is 2.03. The van der Waals surface area contributed by atoms with E-state index in [1.54, 1.807) is 35.6 Å². The van der Waals surface area contributed by atoms with Crippen molar-refractivity contribution in [3.8, 4) is 6.07 Å². The van der Waals surface area contributed by atoms with Gasteiger partial charge in [0.05, 0.1) is 31.3 Å². The summed E-state index contributed by atoms with van der Waals surface area (Å²) < 4.78 is 5.43. The molecule has 0 saturated carbocycles. The molecule has 0 bridgehead atoms. The Bertz CT molecular complexity index is 585. The number of nitrogens with one attached hydrogen (secondary N) is 1. The van der Waals surface area contributed by atoms with Crippen LogP contribution in [0.15, 0.2) is 41.8 Å². The minimum absolute atomic E-state index is 0.0964. The molecule has 0 aliphatic carbocycles. The smallest absolute Gasteiger partial charge is 0.226 e. The van der Waals surface area contributed by atoms with Gasteiger partial charge in [-0.05, 0) is 35.7 Å². The first-order chi connectivity index (χ1) is 9.78. The summed E-state index contributed by atoms with van der Waals surface area (Å²) in [6.07, 6.45) is 0.311. The molecule has 4 nitrogen and oxygen atoms in total. The Kier molecular flexibility index (Phi) is 5.30. The quantitative estimate of drug-likeness (QED) is 0.830. The normalized spacial score (nSPS) is 9.95. The summed E-state index contributed by atoms with van der Waals surface area (Å²) in [6.45, 7) is 0.932. The van der Waals surface area contributed by atoms with Crippen molar-refractivity contribution in [1.82, 2.24) is 0 Å². The van der Waals surface area contributed by atoms with Crippen molar-refractivity contribution in [3.63, 3.8) is 0 Å². The van der Waals surface area contributed by atoms with E-state index in [0.29, 0.717) is 30.9 Å². The Morgan fingerprint density at radius 2 is 2.10 bits per heavy atom. The lowest BCUT2D eigenvalue weighted by Crippen LogP contribution is -2.14. The summed E-state index contributed by atoms with van der Waals surface area (Å²) in [4.78, 5) is 12.8. The number of rotatable bonds is 6. The van der Waals surface area contributed by atoms with E-state index in [1.807, 2.05) is 23.6 Å². The highest BCUT2D eigenvalue weighted by Crippen LogP contribution is 2.11. The van der Waals surface area contributed by atoms with Crippen LogP contribution in [0.4, 0.5) is 5.69 Å². The molecule has 2 aromatic rings. The highest BCUT2D eigenvalue weighted by atomic mass is 32.1. The first kappa shape index (κ1) is 14.3. The average Bonchev–Trinajstić information content (AvgIpc) is 2.98. The summed E-state index contributed by atoms with van der Waals surface area (Å²) in [5.74, 6) is -0.0964. The molecule has 0 radical (unpaired) electrons. The number of carbonyl (C=O) groups is 1. The lowest BCUT2D eigenvalue weighted by atomic mass is 10.2. The Hall–Kier alpha value is -2.16. The van der Waals surface area contributed by atoms with Gasteiger partial charge in [0.1, 0.15) is 0 Å². The van der Waals surface area contributed by atoms with E-state index in [2.05, 4.69) is 5.32 Å². The molecule has 1 N–H and O–H groups in total. The van der Waals surface area contributed by atoms with Gasteiger partial charge < -0.3 is 10.1 Å². The fourth-order valence-electron chi connectivity index (χ4n) is 1.58. The maximum atomic E-state index is 11.7. The number of benzene rings is 1. The zero-order chi connectivity index (χ0) is 14.2. The van der Waals surface area contributed by atoms with Gasteiger partial charge in [-0.2, -0.15) is 5.26 Å². The van der Waals surface area contributed by atoms with Crippen molar-refractivity contribution in [2.75, 3.05) is 11.9 Å². The molecule has 0 atom stereocenters. The van der Waals surface area contributed by atoms with Gasteiger partial charge in [-0.1, -0.05) is 6.07 Å². The van der Waals surface area contributed by atoms with Crippen LogP contribution in [0.1, 0.15) is 16.9 Å². The first-order valence-corrected chi connectivity index (χ1v) is 7.06. The maximum Gasteiger partial charge on any atom is 0.226 e. The number of ether oxygens (including phenoxy) is 1. The van der Waals surface area contributed by atoms with Crippen molar-refractivity contribution in [2.24, 2.45) is 0 Å². The van der Waals surface area contributed by atoms with Gasteiger partial charge in [0.15, 0.2) is 0 Å². The van der Waals surface area contributed by atoms with Gasteiger partial charge in [-0.3, -0.25) is 4.79 Å². The van der Waals surface area contributed by atoms with Crippen molar-refractivity contribution in [3.05, 3.63) is 52.2 Å². The van der Waals surface area contributed by atoms with Crippen LogP contribution in [0.2, 0.25) is 0 Å². The molecule has 0 spiro atoms. The molecule has 0 fully saturated rings. The topological polar surface area (TPSA) is 62.1 Å². The van der Waals surface area contributed by atoms with Crippen molar-refractivity contribution >= 4 is 22.9 Å². The monoisotopic (exact) mass is 286 g/mol. The molecule has 1 aromatic carbocycles. The zero-order valence-corrected chi connectivity index (χ0v) is 11.7. The average molecular weight is 286 g/mol. The predicted octanol–water partition coefficient (Wildman–Crippen LogP) is 3.17. The minimum Gasteiger partial charge on any atom is -0.375 e. The van der Waals surface area contributed by atoms with Crippen LogP contribution in [0.25, 0.3) is 0 Å². The second kappa shape index (κ2) is 7.43. The number of amides is 1. The molecule has 1 amide bonds. The third kappa shape index (κ3) is 4.50. The van der Waals surface area contributed by atoms with Gasteiger partial charge >= 0.3 is 0 Å². The lowest BCUT2D eigenvalue weighted by molar-refractivity contribution is -0.117. The van der Waals surface area contributed by atoms with Crippen LogP contribution in [-0.2, 0) is 16.1 Å². The van der Waals surface area contributed by atoms with Crippen LogP contribution in [0, 0.1) is 11.3 Å². The van der Waals surface area contributed by atoms with Crippen molar-refractivity contribution in [2.45, 2.75) is 13.0 Å². The molecular formula is C15H14N2O2S. The summed E-state index contributed by atoms with van der Waals surface area (Å²) in [7, 11) is 0. The third-order valence-corrected chi connectivity index (χ3v) is 3.45. The van der Waals surface area contributed by atoms with E-state index in [-0.39, 0.29) is 5.91 Å². The SMILES string of the molecule is N#Cc1ccc(NC(=O)CCOCc2cccs2)cc1. The Labute approximate surface area is 121 Å². The van der Waals surface area contributed by atoms with Crippen LogP contribution in [0.5, 0.6) is 0 Å². The number of nitriles is 1. The highest BCUT2D eigenvalue weighted by molar-refractivity contribution is 7.09. The third-order valence-electron chi connectivity index (χ3n) is 2.60. The Morgan fingerprint density at radius 3 is 2.75 bits per heavy atom. The van der Waals surface area contributed by atoms with Gasteiger partial charge in [-0.15, -0.1) is 11.3 Å². The van der Waals surface area contributed by atoms with Gasteiger partial charge in [0, 0.05) is 10.6 Å². The Balaban J connectivity index is 1.68. The van der Waals surface area contributed by atoms with Gasteiger partial charge in [0.2, 0.25) is 5.91 Å². The molecule has 2 rings (SSSR count). The molecule has 0 aliphatic heterocycles. The fourth-order valence-corrected chi connectivity index (χ4v) is 2.22. The van der Waals surface area contributed by atoms with Crippen LogP contribution in [0.3, 0.4) is 0 Å². The standard InChI is InChI=1S/C15H14N2O2S/c16-10-12-3-5-13(6-4-12)17-15(18)7-8-19-11-14-2-1-9-20-14/h1-6,9H,7-8,11H2,(H,17,18). The van der Waals surface area contributed by atoms with E-state index in [9.17, 15) is 4.79 Å². The number of carbonyl (C=O) groups excluding carboxylic acids is 1. The molecule has 0 saturated heterocycles. The van der Waals surface area contributed by atoms with E-state index < -0.39 is 0 Å². The molecule has 1 heterocycles. The molecule has 0 aliphatic rings. The van der Waals surface area contributed by atoms with Gasteiger partial charge in [-0.25, -0.2) is 0 Å². The second-order valence-electron chi connectivity index (χ2n) is 4.12. The molecule has 0 unspecified atom stereocenters. The number of thiophene rings is 1. The van der Waals surface area contributed by atoms with Crippen molar-refractivity contribution < 1.29 is 9.53 Å². The minimum atomic E-state index is -0.0964. The molecule has 20 heavy (non-hydrogen) atoms. The first-order valence-electron chi connectivity index (χ1n) is 6.18. The van der Waals surface area contributed by atoms with Crippen molar-refractivity contribution in [1.29, 1.82) is 5.26 Å². The summed E-state index contributed by atoms with van der Waals surface area (Å²) in [5, 5.41) is 13.4. The number of hydrogen-bond donors (Lipinski definition) is 1. The molecule has 1 aromatic heterocycles. The summed E-state index contributed by atoms with van der Waals surface area (Å²) in [6, 6.07) is 12.8. The maximum absolute atomic E-state index is 11.7. The predicted molar refractivity (Wildman–Crippen MR) is 78.4 cm³/mol. The second-order valence-corrected chi connectivity index (χ2v) is 5.15. The van der Waals surface area contributed by atoms with Crippen LogP contribution >= 0.6 is 11.3 Å². The largest absolute Gasteiger partial charge is 0.375 e. The van der Waals surface area contributed by atoms with Crippen LogP contribution in [-0.4, -0.2) is 12.5 Å². The van der Waals surface area contributed by atoms with E-state index in [0.717, 1.165) is 4.88 Å². The fraction of sp³-hybridized carbons (Fsp3) is 0.200. The van der Waals surface area contributed by atoms with E-state index in [4.69, 9.17) is 10.00 Å². The number of nitrogens with zero attached hydrogens (tertiary/aromatic N) is 1. The zero-order valence-electron chi connectivity index (χ0n) is 10.8. The Morgan fingerprint density at radius 1 is 1.30 bits per heavy atom. The van der Waals surface area contributed by atoms with E-state index >= 15 is 0 Å². The lowest BCUT2D eigenvalue weighted by Gasteiger charge is -2.05. The number of anilines is 1. The number of hydrogen-bond acceptors (Lipinski definition) is 4.